The van der Waals surface area contributed by atoms with Crippen molar-refractivity contribution < 1.29 is 13.2 Å². The third-order valence-electron chi connectivity index (χ3n) is 4.34. The maximum atomic E-state index is 12.7. The summed E-state index contributed by atoms with van der Waals surface area (Å²) in [7, 11) is -1.80. The Balaban J connectivity index is 1.75. The summed E-state index contributed by atoms with van der Waals surface area (Å²) in [6.07, 6.45) is 2.54. The molecule has 1 aromatic rings. The van der Waals surface area contributed by atoms with Crippen LogP contribution in [0.4, 0.5) is 0 Å². The normalized spacial score (nSPS) is 21.4. The van der Waals surface area contributed by atoms with Crippen molar-refractivity contribution in [2.75, 3.05) is 33.3 Å². The van der Waals surface area contributed by atoms with Crippen LogP contribution in [0.3, 0.4) is 0 Å². The van der Waals surface area contributed by atoms with Gasteiger partial charge in [-0.15, -0.1) is 0 Å². The lowest BCUT2D eigenvalue weighted by atomic mass is 10.2. The van der Waals surface area contributed by atoms with Gasteiger partial charge in [0.1, 0.15) is 5.75 Å². The molecule has 2 fully saturated rings. The highest BCUT2D eigenvalue weighted by Gasteiger charge is 2.34. The number of benzene rings is 1. The molecule has 0 bridgehead atoms. The van der Waals surface area contributed by atoms with Crippen LogP contribution in [-0.4, -0.2) is 57.0 Å². The fourth-order valence-corrected chi connectivity index (χ4v) is 4.42. The molecule has 1 saturated heterocycles. The van der Waals surface area contributed by atoms with Crippen molar-refractivity contribution in [2.24, 2.45) is 0 Å². The van der Waals surface area contributed by atoms with Crippen LogP contribution in [0, 0.1) is 6.92 Å². The minimum absolute atomic E-state index is 0.362. The summed E-state index contributed by atoms with van der Waals surface area (Å²) < 4.78 is 32.2. The molecule has 3 rings (SSSR count). The van der Waals surface area contributed by atoms with Crippen molar-refractivity contribution >= 4 is 10.0 Å². The summed E-state index contributed by atoms with van der Waals surface area (Å²) in [4.78, 5) is 2.77. The zero-order valence-electron chi connectivity index (χ0n) is 12.6. The van der Waals surface area contributed by atoms with Gasteiger partial charge in [-0.3, -0.25) is 4.90 Å². The molecular formula is C15H22N2O3S. The van der Waals surface area contributed by atoms with Crippen molar-refractivity contribution in [1.82, 2.24) is 9.21 Å². The fourth-order valence-electron chi connectivity index (χ4n) is 2.91. The molecule has 116 valence electrons. The van der Waals surface area contributed by atoms with E-state index in [1.807, 2.05) is 6.92 Å². The quantitative estimate of drug-likeness (QED) is 0.845. The molecule has 0 spiro atoms. The Hall–Kier alpha value is -1.11. The van der Waals surface area contributed by atoms with Crippen LogP contribution in [-0.2, 0) is 10.0 Å². The zero-order chi connectivity index (χ0) is 15.0. The molecule has 0 unspecified atom stereocenters. The first-order valence-corrected chi connectivity index (χ1v) is 8.85. The predicted octanol–water partition coefficient (Wildman–Crippen LogP) is 1.47. The molecule has 1 aliphatic heterocycles. The number of piperazine rings is 1. The smallest absolute Gasteiger partial charge is 0.243 e. The third-order valence-corrected chi connectivity index (χ3v) is 6.24. The Morgan fingerprint density at radius 3 is 2.33 bits per heavy atom. The second-order valence-corrected chi connectivity index (χ2v) is 7.74. The standard InChI is InChI=1S/C15H22N2O3S/c1-12-11-14(5-6-15(12)20-2)21(18,19)17-9-7-16(8-10-17)13-3-4-13/h5-6,11,13H,3-4,7-10H2,1-2H3. The molecule has 5 nitrogen and oxygen atoms in total. The van der Waals surface area contributed by atoms with Gasteiger partial charge in [0, 0.05) is 32.2 Å². The van der Waals surface area contributed by atoms with Gasteiger partial charge in [0.15, 0.2) is 0 Å². The number of nitrogens with zero attached hydrogens (tertiary/aromatic N) is 2. The number of aryl methyl sites for hydroxylation is 1. The Labute approximate surface area is 126 Å². The van der Waals surface area contributed by atoms with Crippen molar-refractivity contribution in [1.29, 1.82) is 0 Å². The topological polar surface area (TPSA) is 49.9 Å². The molecule has 0 atom stereocenters. The van der Waals surface area contributed by atoms with Crippen LogP contribution in [0.15, 0.2) is 23.1 Å². The SMILES string of the molecule is COc1ccc(S(=O)(=O)N2CCN(C3CC3)CC2)cc1C. The highest BCUT2D eigenvalue weighted by molar-refractivity contribution is 7.89. The molecule has 0 N–H and O–H groups in total. The van der Waals surface area contributed by atoms with Gasteiger partial charge in [0.2, 0.25) is 10.0 Å². The van der Waals surface area contributed by atoms with Gasteiger partial charge in [-0.1, -0.05) is 0 Å². The average molecular weight is 310 g/mol. The molecule has 6 heteroatoms. The molecule has 0 radical (unpaired) electrons. The van der Waals surface area contributed by atoms with E-state index in [-0.39, 0.29) is 0 Å². The average Bonchev–Trinajstić information content (AvgIpc) is 3.32. The summed E-state index contributed by atoms with van der Waals surface area (Å²) in [6.45, 7) is 4.73. The second-order valence-electron chi connectivity index (χ2n) is 5.80. The van der Waals surface area contributed by atoms with E-state index >= 15 is 0 Å². The third kappa shape index (κ3) is 2.93. The number of rotatable bonds is 4. The van der Waals surface area contributed by atoms with Crippen LogP contribution in [0.2, 0.25) is 0 Å². The number of hydrogen-bond donors (Lipinski definition) is 0. The molecule has 0 aromatic heterocycles. The molecule has 1 aliphatic carbocycles. The second kappa shape index (κ2) is 5.59. The van der Waals surface area contributed by atoms with Gasteiger partial charge in [-0.2, -0.15) is 4.31 Å². The summed E-state index contributed by atoms with van der Waals surface area (Å²) >= 11 is 0. The van der Waals surface area contributed by atoms with E-state index < -0.39 is 10.0 Å². The van der Waals surface area contributed by atoms with E-state index in [0.717, 1.165) is 18.7 Å². The highest BCUT2D eigenvalue weighted by Crippen LogP contribution is 2.29. The number of hydrogen-bond acceptors (Lipinski definition) is 4. The Morgan fingerprint density at radius 1 is 1.14 bits per heavy atom. The summed E-state index contributed by atoms with van der Waals surface area (Å²) in [5, 5.41) is 0. The largest absolute Gasteiger partial charge is 0.496 e. The molecule has 21 heavy (non-hydrogen) atoms. The Bertz CT molecular complexity index is 618. The van der Waals surface area contributed by atoms with Crippen molar-refractivity contribution in [3.63, 3.8) is 0 Å². The van der Waals surface area contributed by atoms with E-state index in [0.29, 0.717) is 29.8 Å². The Kier molecular flexibility index (Phi) is 3.94. The van der Waals surface area contributed by atoms with Crippen LogP contribution in [0.25, 0.3) is 0 Å². The Morgan fingerprint density at radius 2 is 1.81 bits per heavy atom. The maximum Gasteiger partial charge on any atom is 0.243 e. The van der Waals surface area contributed by atoms with Crippen molar-refractivity contribution in [2.45, 2.75) is 30.7 Å². The maximum absolute atomic E-state index is 12.7. The van der Waals surface area contributed by atoms with E-state index in [4.69, 9.17) is 4.74 Å². The number of sulfonamides is 1. The minimum Gasteiger partial charge on any atom is -0.496 e. The number of ether oxygens (including phenoxy) is 1. The van der Waals surface area contributed by atoms with Gasteiger partial charge in [0.05, 0.1) is 12.0 Å². The summed E-state index contributed by atoms with van der Waals surface area (Å²) in [5.74, 6) is 0.715. The van der Waals surface area contributed by atoms with Crippen LogP contribution < -0.4 is 4.74 Å². The molecule has 1 aromatic carbocycles. The predicted molar refractivity (Wildman–Crippen MR) is 81.1 cm³/mol. The van der Waals surface area contributed by atoms with Gasteiger partial charge in [-0.05, 0) is 43.5 Å². The lowest BCUT2D eigenvalue weighted by Gasteiger charge is -2.34. The van der Waals surface area contributed by atoms with Crippen LogP contribution >= 0.6 is 0 Å². The molecule has 2 aliphatic rings. The first kappa shape index (κ1) is 14.8. The summed E-state index contributed by atoms with van der Waals surface area (Å²) in [6, 6.07) is 5.76. The van der Waals surface area contributed by atoms with E-state index in [9.17, 15) is 8.42 Å². The van der Waals surface area contributed by atoms with Gasteiger partial charge < -0.3 is 4.74 Å². The molecule has 1 saturated carbocycles. The van der Waals surface area contributed by atoms with Gasteiger partial charge in [-0.25, -0.2) is 8.42 Å². The van der Waals surface area contributed by atoms with Gasteiger partial charge in [0.25, 0.3) is 0 Å². The minimum atomic E-state index is -3.39. The van der Waals surface area contributed by atoms with Crippen molar-refractivity contribution in [3.05, 3.63) is 23.8 Å². The monoisotopic (exact) mass is 310 g/mol. The lowest BCUT2D eigenvalue weighted by molar-refractivity contribution is 0.180. The fraction of sp³-hybridized carbons (Fsp3) is 0.600. The molecule has 0 amide bonds. The lowest BCUT2D eigenvalue weighted by Crippen LogP contribution is -2.49. The van der Waals surface area contributed by atoms with E-state index in [2.05, 4.69) is 4.90 Å². The van der Waals surface area contributed by atoms with Crippen LogP contribution in [0.1, 0.15) is 18.4 Å². The first-order chi connectivity index (χ1) is 10.0. The zero-order valence-corrected chi connectivity index (χ0v) is 13.4. The van der Waals surface area contributed by atoms with E-state index in [1.165, 1.54) is 12.8 Å². The molecule has 1 heterocycles. The van der Waals surface area contributed by atoms with Gasteiger partial charge >= 0.3 is 0 Å². The van der Waals surface area contributed by atoms with E-state index in [1.54, 1.807) is 29.6 Å². The first-order valence-electron chi connectivity index (χ1n) is 7.41. The van der Waals surface area contributed by atoms with Crippen LogP contribution in [0.5, 0.6) is 5.75 Å². The van der Waals surface area contributed by atoms with Crippen molar-refractivity contribution in [3.8, 4) is 5.75 Å². The summed E-state index contributed by atoms with van der Waals surface area (Å²) in [5.41, 5.74) is 0.843. The molecular weight excluding hydrogens is 288 g/mol. The highest BCUT2D eigenvalue weighted by atomic mass is 32.2. The number of methoxy groups -OCH3 is 1.